The maximum atomic E-state index is 12.0. The molecule has 3 rings (SSSR count). The van der Waals surface area contributed by atoms with Gasteiger partial charge in [-0.2, -0.15) is 0 Å². The van der Waals surface area contributed by atoms with Gasteiger partial charge in [-0.15, -0.1) is 10.2 Å². The molecule has 23 heavy (non-hydrogen) atoms. The summed E-state index contributed by atoms with van der Waals surface area (Å²) in [5.74, 6) is 1.11. The van der Waals surface area contributed by atoms with E-state index < -0.39 is 0 Å². The number of benzene rings is 1. The summed E-state index contributed by atoms with van der Waals surface area (Å²) in [6.45, 7) is 3.51. The van der Waals surface area contributed by atoms with Crippen molar-refractivity contribution >= 4 is 23.4 Å². The first-order valence-corrected chi connectivity index (χ1v) is 8.70. The summed E-state index contributed by atoms with van der Waals surface area (Å²) < 4.78 is 7.71. The molecule has 1 amide bonds. The van der Waals surface area contributed by atoms with Crippen LogP contribution in [0.4, 0.5) is 5.69 Å². The van der Waals surface area contributed by atoms with Gasteiger partial charge in [0.25, 0.3) is 0 Å². The summed E-state index contributed by atoms with van der Waals surface area (Å²) in [4.78, 5) is 12.0. The van der Waals surface area contributed by atoms with Gasteiger partial charge in [-0.25, -0.2) is 0 Å². The third-order valence-electron chi connectivity index (χ3n) is 3.70. The average Bonchev–Trinajstić information content (AvgIpc) is 3.18. The highest BCUT2D eigenvalue weighted by atomic mass is 32.2. The Kier molecular flexibility index (Phi) is 5.30. The van der Waals surface area contributed by atoms with Crippen LogP contribution in [0.25, 0.3) is 0 Å². The lowest BCUT2D eigenvalue weighted by molar-refractivity contribution is -0.113. The summed E-state index contributed by atoms with van der Waals surface area (Å²) in [6.07, 6.45) is 2.39. The molecule has 2 heterocycles. The van der Waals surface area contributed by atoms with Crippen LogP contribution in [0.15, 0.2) is 35.5 Å². The van der Waals surface area contributed by atoms with Gasteiger partial charge in [0.05, 0.1) is 18.4 Å². The van der Waals surface area contributed by atoms with E-state index in [9.17, 15) is 4.79 Å². The molecule has 1 aromatic carbocycles. The third-order valence-corrected chi connectivity index (χ3v) is 4.67. The van der Waals surface area contributed by atoms with E-state index in [-0.39, 0.29) is 12.0 Å². The van der Waals surface area contributed by atoms with Gasteiger partial charge in [0.2, 0.25) is 5.91 Å². The molecular weight excluding hydrogens is 312 g/mol. The normalized spacial score (nSPS) is 17.3. The molecule has 2 aromatic rings. The first-order valence-electron chi connectivity index (χ1n) is 7.71. The van der Waals surface area contributed by atoms with Crippen LogP contribution in [-0.2, 0) is 16.1 Å². The van der Waals surface area contributed by atoms with Gasteiger partial charge in [-0.05, 0) is 31.9 Å². The van der Waals surface area contributed by atoms with Gasteiger partial charge >= 0.3 is 0 Å². The van der Waals surface area contributed by atoms with Crippen molar-refractivity contribution in [2.24, 2.45) is 0 Å². The predicted octanol–water partition coefficient (Wildman–Crippen LogP) is 2.50. The van der Waals surface area contributed by atoms with E-state index in [0.717, 1.165) is 42.7 Å². The molecule has 1 N–H and O–H groups in total. The fourth-order valence-corrected chi connectivity index (χ4v) is 3.31. The number of amides is 1. The van der Waals surface area contributed by atoms with Crippen molar-refractivity contribution in [1.82, 2.24) is 14.8 Å². The standard InChI is InChI=1S/C16H20N4O2S/c1-12-18-19-16(20(12)10-14-8-5-9-22-14)23-11-15(21)17-13-6-3-2-4-7-13/h2-4,6-7,14H,5,8-11H2,1H3,(H,17,21). The van der Waals surface area contributed by atoms with Crippen LogP contribution in [-0.4, -0.2) is 39.1 Å². The minimum absolute atomic E-state index is 0.0504. The van der Waals surface area contributed by atoms with Gasteiger partial charge in [-0.1, -0.05) is 30.0 Å². The van der Waals surface area contributed by atoms with Crippen molar-refractivity contribution in [2.75, 3.05) is 17.7 Å². The molecule has 1 unspecified atom stereocenters. The molecule has 7 heteroatoms. The number of thioether (sulfide) groups is 1. The molecule has 0 saturated carbocycles. The molecule has 1 aromatic heterocycles. The first-order chi connectivity index (χ1) is 11.2. The Morgan fingerprint density at radius 1 is 1.39 bits per heavy atom. The Balaban J connectivity index is 1.56. The maximum absolute atomic E-state index is 12.0. The minimum Gasteiger partial charge on any atom is -0.376 e. The number of ether oxygens (including phenoxy) is 1. The molecule has 1 saturated heterocycles. The molecule has 122 valence electrons. The van der Waals surface area contributed by atoms with Crippen LogP contribution >= 0.6 is 11.8 Å². The number of carbonyl (C=O) groups excluding carboxylic acids is 1. The van der Waals surface area contributed by atoms with Gasteiger partial charge in [0.15, 0.2) is 5.16 Å². The second-order valence-corrected chi connectivity index (χ2v) is 6.42. The van der Waals surface area contributed by atoms with Crippen molar-refractivity contribution in [1.29, 1.82) is 0 Å². The highest BCUT2D eigenvalue weighted by Gasteiger charge is 2.20. The maximum Gasteiger partial charge on any atom is 0.234 e. The van der Waals surface area contributed by atoms with Crippen molar-refractivity contribution in [2.45, 2.75) is 37.6 Å². The number of nitrogens with one attached hydrogen (secondary N) is 1. The van der Waals surface area contributed by atoms with Gasteiger partial charge < -0.3 is 14.6 Å². The molecule has 0 bridgehead atoms. The zero-order valence-corrected chi connectivity index (χ0v) is 13.9. The van der Waals surface area contributed by atoms with Crippen molar-refractivity contribution in [3.63, 3.8) is 0 Å². The van der Waals surface area contributed by atoms with E-state index >= 15 is 0 Å². The van der Waals surface area contributed by atoms with Crippen LogP contribution in [0, 0.1) is 6.92 Å². The van der Waals surface area contributed by atoms with E-state index in [2.05, 4.69) is 15.5 Å². The average molecular weight is 332 g/mol. The third kappa shape index (κ3) is 4.33. The monoisotopic (exact) mass is 332 g/mol. The van der Waals surface area contributed by atoms with Crippen LogP contribution in [0.3, 0.4) is 0 Å². The summed E-state index contributed by atoms with van der Waals surface area (Å²) in [5, 5.41) is 11.9. The van der Waals surface area contributed by atoms with E-state index in [1.807, 2.05) is 41.8 Å². The summed E-state index contributed by atoms with van der Waals surface area (Å²) in [7, 11) is 0. The van der Waals surface area contributed by atoms with Crippen LogP contribution < -0.4 is 5.32 Å². The van der Waals surface area contributed by atoms with Crippen molar-refractivity contribution in [3.05, 3.63) is 36.2 Å². The fourth-order valence-electron chi connectivity index (χ4n) is 2.52. The van der Waals surface area contributed by atoms with E-state index in [1.165, 1.54) is 11.8 Å². The Hall–Kier alpha value is -1.86. The van der Waals surface area contributed by atoms with Gasteiger partial charge in [0, 0.05) is 12.3 Å². The number of anilines is 1. The van der Waals surface area contributed by atoms with Crippen LogP contribution in [0.1, 0.15) is 18.7 Å². The van der Waals surface area contributed by atoms with Gasteiger partial charge in [-0.3, -0.25) is 4.79 Å². The molecule has 1 aliphatic heterocycles. The number of hydrogen-bond acceptors (Lipinski definition) is 5. The zero-order valence-electron chi connectivity index (χ0n) is 13.1. The predicted molar refractivity (Wildman–Crippen MR) is 89.5 cm³/mol. The highest BCUT2D eigenvalue weighted by molar-refractivity contribution is 7.99. The number of aryl methyl sites for hydroxylation is 1. The summed E-state index contributed by atoms with van der Waals surface area (Å²) in [6, 6.07) is 9.44. The molecule has 6 nitrogen and oxygen atoms in total. The SMILES string of the molecule is Cc1nnc(SCC(=O)Nc2ccccc2)n1CC1CCCO1. The van der Waals surface area contributed by atoms with E-state index in [1.54, 1.807) is 0 Å². The number of hydrogen-bond donors (Lipinski definition) is 1. The molecule has 0 radical (unpaired) electrons. The smallest absolute Gasteiger partial charge is 0.234 e. The number of aromatic nitrogens is 3. The number of para-hydroxylation sites is 1. The van der Waals surface area contributed by atoms with Gasteiger partial charge in [0.1, 0.15) is 5.82 Å². The van der Waals surface area contributed by atoms with E-state index in [0.29, 0.717) is 5.75 Å². The number of nitrogens with zero attached hydrogens (tertiary/aromatic N) is 3. The second-order valence-electron chi connectivity index (χ2n) is 5.48. The molecule has 0 aliphatic carbocycles. The summed E-state index contributed by atoms with van der Waals surface area (Å²) in [5.41, 5.74) is 0.801. The molecule has 1 fully saturated rings. The molecule has 1 aliphatic rings. The number of rotatable bonds is 6. The quantitative estimate of drug-likeness (QED) is 0.823. The van der Waals surface area contributed by atoms with Crippen LogP contribution in [0.5, 0.6) is 0 Å². The number of carbonyl (C=O) groups is 1. The Bertz CT molecular complexity index is 653. The zero-order chi connectivity index (χ0) is 16.1. The molecular formula is C16H20N4O2S. The summed E-state index contributed by atoms with van der Waals surface area (Å²) >= 11 is 1.40. The lowest BCUT2D eigenvalue weighted by atomic mass is 10.2. The van der Waals surface area contributed by atoms with E-state index in [4.69, 9.17) is 4.74 Å². The van der Waals surface area contributed by atoms with Crippen molar-refractivity contribution in [3.8, 4) is 0 Å². The van der Waals surface area contributed by atoms with Crippen LogP contribution in [0.2, 0.25) is 0 Å². The van der Waals surface area contributed by atoms with Crippen molar-refractivity contribution < 1.29 is 9.53 Å². The Morgan fingerprint density at radius 2 is 2.22 bits per heavy atom. The molecule has 1 atom stereocenters. The molecule has 0 spiro atoms. The lowest BCUT2D eigenvalue weighted by Crippen LogP contribution is -2.18. The Morgan fingerprint density at radius 3 is 2.96 bits per heavy atom. The first kappa shape index (κ1) is 16.0. The Labute approximate surface area is 139 Å². The largest absolute Gasteiger partial charge is 0.376 e. The lowest BCUT2D eigenvalue weighted by Gasteiger charge is -2.13. The highest BCUT2D eigenvalue weighted by Crippen LogP contribution is 2.21. The topological polar surface area (TPSA) is 69.0 Å². The fraction of sp³-hybridized carbons (Fsp3) is 0.438. The minimum atomic E-state index is -0.0504. The second kappa shape index (κ2) is 7.61.